The summed E-state index contributed by atoms with van der Waals surface area (Å²) in [6.45, 7) is 4.14. The number of benzene rings is 1. The first-order chi connectivity index (χ1) is 9.12. The van der Waals surface area contributed by atoms with E-state index >= 15 is 0 Å². The van der Waals surface area contributed by atoms with Crippen LogP contribution >= 0.6 is 17.0 Å². The van der Waals surface area contributed by atoms with Crippen molar-refractivity contribution < 1.29 is 26.0 Å². The number of para-hydroxylation sites is 1. The second kappa shape index (κ2) is 9.16. The van der Waals surface area contributed by atoms with E-state index in [9.17, 15) is 5.11 Å². The van der Waals surface area contributed by atoms with Crippen LogP contribution in [-0.2, 0) is 20.8 Å². The Kier molecular flexibility index (Phi) is 8.29. The zero-order chi connectivity index (χ0) is 14.3. The second-order valence-electron chi connectivity index (χ2n) is 4.76. The van der Waals surface area contributed by atoms with Gasteiger partial charge in [-0.15, -0.1) is 0 Å². The molecule has 1 aliphatic rings. The van der Waals surface area contributed by atoms with Gasteiger partial charge in [0.1, 0.15) is 5.75 Å². The fraction of sp³-hybridized carbons (Fsp3) is 0.500. The molecule has 0 atom stereocenters. The topological polar surface area (TPSA) is 32.6 Å². The fourth-order valence-electron chi connectivity index (χ4n) is 2.13. The Balaban J connectivity index is 0.000000550. The molecule has 0 unspecified atom stereocenters. The van der Waals surface area contributed by atoms with Gasteiger partial charge in [-0.25, -0.2) is 0 Å². The van der Waals surface area contributed by atoms with Crippen molar-refractivity contribution in [2.45, 2.75) is 39.2 Å². The molecular weight excluding hydrogens is 360 g/mol. The van der Waals surface area contributed by atoms with Gasteiger partial charge in [0.05, 0.1) is 6.04 Å². The third-order valence-corrected chi connectivity index (χ3v) is 3.48. The van der Waals surface area contributed by atoms with Crippen LogP contribution in [0.1, 0.15) is 37.3 Å². The van der Waals surface area contributed by atoms with E-state index in [0.717, 1.165) is 17.0 Å². The van der Waals surface area contributed by atoms with Crippen LogP contribution in [0, 0.1) is 12.8 Å². The molecule has 2 nitrogen and oxygen atoms in total. The Morgan fingerprint density at radius 1 is 1.42 bits per heavy atom. The summed E-state index contributed by atoms with van der Waals surface area (Å²) in [5.41, 5.74) is 1.74. The van der Waals surface area contributed by atoms with Gasteiger partial charge in [-0.2, -0.15) is 0 Å². The summed E-state index contributed by atoms with van der Waals surface area (Å²) in [4.78, 5) is 4.51. The second-order valence-corrected chi connectivity index (χ2v) is 8.49. The van der Waals surface area contributed by atoms with E-state index in [2.05, 4.69) is 11.9 Å². The first-order valence-corrected chi connectivity index (χ1v) is 12.7. The minimum atomic E-state index is -0.826. The first kappa shape index (κ1) is 17.2. The zero-order valence-corrected chi connectivity index (χ0v) is 15.2. The van der Waals surface area contributed by atoms with Crippen molar-refractivity contribution in [1.29, 1.82) is 0 Å². The molecule has 1 aliphatic carbocycles. The summed E-state index contributed by atoms with van der Waals surface area (Å²) in [7, 11) is 9.87. The Morgan fingerprint density at radius 3 is 2.63 bits per heavy atom. The van der Waals surface area contributed by atoms with Crippen LogP contribution in [0.15, 0.2) is 23.2 Å². The van der Waals surface area contributed by atoms with Gasteiger partial charge in [-0.1, -0.05) is 25.5 Å². The van der Waals surface area contributed by atoms with Crippen molar-refractivity contribution in [1.82, 2.24) is 0 Å². The van der Waals surface area contributed by atoms with Gasteiger partial charge >= 0.3 is 37.9 Å². The summed E-state index contributed by atoms with van der Waals surface area (Å²) in [6.07, 6.45) is 5.50. The van der Waals surface area contributed by atoms with Gasteiger partial charge in [0.2, 0.25) is 0 Å². The van der Waals surface area contributed by atoms with E-state index in [1.807, 2.05) is 31.3 Å². The zero-order valence-electron chi connectivity index (χ0n) is 11.2. The summed E-state index contributed by atoms with van der Waals surface area (Å²) < 4.78 is 0. The minimum absolute atomic E-state index is 0.359. The summed E-state index contributed by atoms with van der Waals surface area (Å²) in [6, 6.07) is 6.24. The molecule has 0 spiro atoms. The van der Waals surface area contributed by atoms with Crippen LogP contribution < -0.4 is 0 Å². The third kappa shape index (κ3) is 5.57. The van der Waals surface area contributed by atoms with Crippen LogP contribution in [-0.4, -0.2) is 17.4 Å². The molecule has 0 radical (unpaired) electrons. The number of phenols is 1. The van der Waals surface area contributed by atoms with Gasteiger partial charge in [-0.3, -0.25) is 4.99 Å². The molecule has 104 valence electrons. The number of aryl methyl sites for hydroxylation is 1. The normalized spacial score (nSPS) is 21.5. The molecule has 1 saturated carbocycles. The average molecular weight is 379 g/mol. The van der Waals surface area contributed by atoms with Crippen molar-refractivity contribution in [3.63, 3.8) is 0 Å². The Bertz CT molecular complexity index is 420. The SMILES string of the molecule is CCC1CC(N=Cc2cccc(C)c2O)C1.[Cl][Zr][Cl]. The summed E-state index contributed by atoms with van der Waals surface area (Å²) >= 11 is -0.826. The average Bonchev–Trinajstić information content (AvgIpc) is 2.33. The molecule has 0 aliphatic heterocycles. The molecular formula is C14H19Cl2NOZr. The van der Waals surface area contributed by atoms with Gasteiger partial charge in [0.25, 0.3) is 0 Å². The Hall–Kier alpha value is 0.153. The van der Waals surface area contributed by atoms with Crippen LogP contribution in [0.25, 0.3) is 0 Å². The molecule has 19 heavy (non-hydrogen) atoms. The van der Waals surface area contributed by atoms with Crippen molar-refractivity contribution in [2.24, 2.45) is 10.9 Å². The van der Waals surface area contributed by atoms with Gasteiger partial charge in [0.15, 0.2) is 0 Å². The van der Waals surface area contributed by atoms with E-state index in [0.29, 0.717) is 11.8 Å². The van der Waals surface area contributed by atoms with Crippen LogP contribution in [0.4, 0.5) is 0 Å². The molecule has 1 fully saturated rings. The monoisotopic (exact) mass is 377 g/mol. The van der Waals surface area contributed by atoms with E-state index in [1.165, 1.54) is 19.3 Å². The molecule has 0 saturated heterocycles. The van der Waals surface area contributed by atoms with Crippen molar-refractivity contribution in [3.05, 3.63) is 29.3 Å². The van der Waals surface area contributed by atoms with Crippen LogP contribution in [0.3, 0.4) is 0 Å². The van der Waals surface area contributed by atoms with Gasteiger partial charge < -0.3 is 5.11 Å². The predicted molar refractivity (Wildman–Crippen MR) is 78.9 cm³/mol. The first-order valence-electron chi connectivity index (χ1n) is 6.40. The molecule has 5 heteroatoms. The Labute approximate surface area is 133 Å². The molecule has 0 aromatic heterocycles. The maximum atomic E-state index is 9.81. The van der Waals surface area contributed by atoms with Gasteiger partial charge in [-0.05, 0) is 37.3 Å². The van der Waals surface area contributed by atoms with Crippen molar-refractivity contribution >= 4 is 23.2 Å². The van der Waals surface area contributed by atoms with E-state index < -0.39 is 20.8 Å². The number of aliphatic imine (C=N–C) groups is 1. The summed E-state index contributed by atoms with van der Waals surface area (Å²) in [5, 5.41) is 9.81. The quantitative estimate of drug-likeness (QED) is 0.760. The van der Waals surface area contributed by atoms with Crippen molar-refractivity contribution in [2.75, 3.05) is 0 Å². The molecule has 0 amide bonds. The molecule has 0 heterocycles. The number of nitrogens with zero attached hydrogens (tertiary/aromatic N) is 1. The number of phenolic OH excluding ortho intramolecular Hbond substituents is 1. The van der Waals surface area contributed by atoms with Crippen molar-refractivity contribution in [3.8, 4) is 5.75 Å². The molecule has 2 rings (SSSR count). The molecule has 1 aromatic rings. The van der Waals surface area contributed by atoms with Crippen LogP contribution in [0.5, 0.6) is 5.75 Å². The Morgan fingerprint density at radius 2 is 2.05 bits per heavy atom. The fourth-order valence-corrected chi connectivity index (χ4v) is 2.13. The number of hydrogen-bond donors (Lipinski definition) is 1. The van der Waals surface area contributed by atoms with E-state index in [4.69, 9.17) is 17.0 Å². The number of halogens is 2. The summed E-state index contributed by atoms with van der Waals surface area (Å²) in [5.74, 6) is 1.23. The number of aromatic hydroxyl groups is 1. The van der Waals surface area contributed by atoms with Crippen LogP contribution in [0.2, 0.25) is 0 Å². The van der Waals surface area contributed by atoms with E-state index in [1.54, 1.807) is 0 Å². The standard InChI is InChI=1S/C14H19NO.2ClH.Zr/c1-3-11-7-13(8-11)15-9-12-6-4-5-10(2)14(12)16;;;/h4-6,9,11,13,16H,3,7-8H2,1-2H3;2*1H;/q;;;+2/p-2. The third-order valence-electron chi connectivity index (χ3n) is 3.48. The van der Waals surface area contributed by atoms with Gasteiger partial charge in [0, 0.05) is 11.8 Å². The maximum absolute atomic E-state index is 9.81. The molecule has 0 bridgehead atoms. The number of hydrogen-bond acceptors (Lipinski definition) is 2. The predicted octanol–water partition coefficient (Wildman–Crippen LogP) is 4.68. The van der Waals surface area contributed by atoms with E-state index in [-0.39, 0.29) is 0 Å². The molecule has 1 N–H and O–H groups in total. The molecule has 1 aromatic carbocycles. The number of rotatable bonds is 3.